The average molecular weight is 306 g/mol. The van der Waals surface area contributed by atoms with E-state index in [4.69, 9.17) is 16.3 Å². The van der Waals surface area contributed by atoms with Gasteiger partial charge in [-0.2, -0.15) is 0 Å². The number of alkyl halides is 1. The van der Waals surface area contributed by atoms with E-state index in [9.17, 15) is 5.11 Å². The molecule has 0 amide bonds. The molecule has 1 unspecified atom stereocenters. The molecule has 2 aromatic carbocycles. The Kier molecular flexibility index (Phi) is 5.34. The highest BCUT2D eigenvalue weighted by atomic mass is 35.5. The molecule has 1 N–H and O–H groups in total. The molecule has 0 saturated carbocycles. The molecule has 0 radical (unpaired) electrons. The highest BCUT2D eigenvalue weighted by Gasteiger charge is 2.15. The van der Waals surface area contributed by atoms with Crippen molar-refractivity contribution in [2.75, 3.05) is 25.1 Å². The third kappa shape index (κ3) is 4.05. The van der Waals surface area contributed by atoms with Crippen molar-refractivity contribution in [3.8, 4) is 11.5 Å². The van der Waals surface area contributed by atoms with Crippen LogP contribution in [0.4, 0.5) is 5.69 Å². The van der Waals surface area contributed by atoms with E-state index in [0.717, 1.165) is 17.0 Å². The molecule has 0 bridgehead atoms. The van der Waals surface area contributed by atoms with Gasteiger partial charge in [0, 0.05) is 24.8 Å². The molecule has 0 saturated heterocycles. The van der Waals surface area contributed by atoms with Crippen LogP contribution in [0.1, 0.15) is 17.9 Å². The lowest BCUT2D eigenvalue weighted by Gasteiger charge is -2.23. The van der Waals surface area contributed by atoms with Crippen LogP contribution in [0.5, 0.6) is 11.5 Å². The molecule has 1 atom stereocenters. The summed E-state index contributed by atoms with van der Waals surface area (Å²) in [4.78, 5) is 2.06. The maximum atomic E-state index is 9.33. The summed E-state index contributed by atoms with van der Waals surface area (Å²) in [5.74, 6) is 1.09. The van der Waals surface area contributed by atoms with Gasteiger partial charge >= 0.3 is 0 Å². The summed E-state index contributed by atoms with van der Waals surface area (Å²) >= 11 is 6.55. The first-order valence-corrected chi connectivity index (χ1v) is 7.41. The van der Waals surface area contributed by atoms with Crippen molar-refractivity contribution < 1.29 is 9.84 Å². The molecule has 3 nitrogen and oxygen atoms in total. The molecule has 0 spiro atoms. The number of hydrogen-bond donors (Lipinski definition) is 1. The van der Waals surface area contributed by atoms with Crippen molar-refractivity contribution in [2.24, 2.45) is 0 Å². The van der Waals surface area contributed by atoms with Crippen molar-refractivity contribution in [3.63, 3.8) is 0 Å². The molecular weight excluding hydrogens is 286 g/mol. The van der Waals surface area contributed by atoms with Crippen LogP contribution < -0.4 is 9.64 Å². The normalized spacial score (nSPS) is 12.0. The maximum absolute atomic E-state index is 9.33. The molecule has 4 heteroatoms. The zero-order valence-electron chi connectivity index (χ0n) is 12.3. The van der Waals surface area contributed by atoms with Gasteiger partial charge in [0.15, 0.2) is 0 Å². The first-order chi connectivity index (χ1) is 10.1. The van der Waals surface area contributed by atoms with Crippen molar-refractivity contribution in [2.45, 2.75) is 12.3 Å². The number of phenolic OH excluding ortho intramolecular Hbond substituents is 1. The Morgan fingerprint density at radius 3 is 2.48 bits per heavy atom. The quantitative estimate of drug-likeness (QED) is 0.812. The average Bonchev–Trinajstić information content (AvgIpc) is 2.48. The lowest BCUT2D eigenvalue weighted by atomic mass is 10.1. The van der Waals surface area contributed by atoms with Crippen LogP contribution in [0.3, 0.4) is 0 Å². The van der Waals surface area contributed by atoms with E-state index in [2.05, 4.69) is 4.90 Å². The number of benzene rings is 2. The van der Waals surface area contributed by atoms with Gasteiger partial charge in [-0.05, 0) is 37.3 Å². The molecule has 0 aliphatic carbocycles. The van der Waals surface area contributed by atoms with Crippen LogP contribution in [-0.2, 0) is 0 Å². The molecule has 0 aliphatic heterocycles. The molecule has 21 heavy (non-hydrogen) atoms. The number of likely N-dealkylation sites (N-methyl/N-ethyl adjacent to an activating group) is 1. The van der Waals surface area contributed by atoms with E-state index >= 15 is 0 Å². The zero-order valence-corrected chi connectivity index (χ0v) is 13.0. The molecule has 0 aromatic heterocycles. The second-order valence-corrected chi connectivity index (χ2v) is 5.36. The fourth-order valence-electron chi connectivity index (χ4n) is 2.18. The topological polar surface area (TPSA) is 32.7 Å². The van der Waals surface area contributed by atoms with Gasteiger partial charge < -0.3 is 14.7 Å². The number of phenols is 1. The van der Waals surface area contributed by atoms with Crippen LogP contribution in [0.2, 0.25) is 0 Å². The molecule has 2 aromatic rings. The van der Waals surface area contributed by atoms with Crippen molar-refractivity contribution in [3.05, 3.63) is 54.1 Å². The number of anilines is 1. The number of nitrogens with zero attached hydrogens (tertiary/aromatic N) is 1. The number of rotatable bonds is 6. The summed E-state index contributed by atoms with van der Waals surface area (Å²) in [6.07, 6.45) is 0. The minimum Gasteiger partial charge on any atom is -0.508 e. The smallest absolute Gasteiger partial charge is 0.124 e. The number of hydrogen-bond acceptors (Lipinski definition) is 3. The van der Waals surface area contributed by atoms with Gasteiger partial charge in [-0.1, -0.05) is 18.2 Å². The lowest BCUT2D eigenvalue weighted by Crippen LogP contribution is -2.22. The second kappa shape index (κ2) is 7.23. The summed E-state index contributed by atoms with van der Waals surface area (Å²) in [5, 5.41) is 9.16. The van der Waals surface area contributed by atoms with Gasteiger partial charge in [0.2, 0.25) is 0 Å². The largest absolute Gasteiger partial charge is 0.508 e. The molecular formula is C17H20ClNO2. The predicted molar refractivity (Wildman–Crippen MR) is 87.6 cm³/mol. The fraction of sp³-hybridized carbons (Fsp3) is 0.294. The van der Waals surface area contributed by atoms with Crippen LogP contribution in [-0.4, -0.2) is 25.3 Å². The van der Waals surface area contributed by atoms with Crippen molar-refractivity contribution >= 4 is 17.3 Å². The predicted octanol–water partition coefficient (Wildman–Crippen LogP) is 4.21. The fourth-order valence-corrected chi connectivity index (χ4v) is 2.56. The third-order valence-corrected chi connectivity index (χ3v) is 3.65. The highest BCUT2D eigenvalue weighted by Crippen LogP contribution is 2.31. The molecule has 0 aliphatic rings. The van der Waals surface area contributed by atoms with E-state index in [1.165, 1.54) is 0 Å². The van der Waals surface area contributed by atoms with Crippen molar-refractivity contribution in [1.82, 2.24) is 0 Å². The van der Waals surface area contributed by atoms with E-state index in [1.807, 2.05) is 50.4 Å². The highest BCUT2D eigenvalue weighted by molar-refractivity contribution is 6.21. The van der Waals surface area contributed by atoms with Gasteiger partial charge in [0.05, 0.1) is 12.0 Å². The first kappa shape index (κ1) is 15.5. The Morgan fingerprint density at radius 1 is 1.14 bits per heavy atom. The van der Waals surface area contributed by atoms with Gasteiger partial charge in [0.1, 0.15) is 11.5 Å². The molecule has 112 valence electrons. The van der Waals surface area contributed by atoms with Gasteiger partial charge in [-0.25, -0.2) is 0 Å². The maximum Gasteiger partial charge on any atom is 0.124 e. The standard InChI is InChI=1S/C17H20ClNO2/c1-3-21-17-7-5-4-6-15(17)16(18)12-19(2)13-8-10-14(20)11-9-13/h4-11,16,20H,3,12H2,1-2H3. The second-order valence-electron chi connectivity index (χ2n) is 4.84. The van der Waals surface area contributed by atoms with E-state index in [-0.39, 0.29) is 11.1 Å². The Hall–Kier alpha value is -1.87. The number of para-hydroxylation sites is 1. The Bertz CT molecular complexity index is 571. The van der Waals surface area contributed by atoms with Gasteiger partial charge in [-0.15, -0.1) is 11.6 Å². The Labute approximate surface area is 130 Å². The number of ether oxygens (including phenoxy) is 1. The van der Waals surface area contributed by atoms with Gasteiger partial charge in [0.25, 0.3) is 0 Å². The molecule has 2 rings (SSSR count). The van der Waals surface area contributed by atoms with E-state index in [1.54, 1.807) is 12.1 Å². The SMILES string of the molecule is CCOc1ccccc1C(Cl)CN(C)c1ccc(O)cc1. The lowest BCUT2D eigenvalue weighted by molar-refractivity contribution is 0.336. The van der Waals surface area contributed by atoms with Crippen LogP contribution in [0.15, 0.2) is 48.5 Å². The number of aromatic hydroxyl groups is 1. The summed E-state index contributed by atoms with van der Waals surface area (Å²) in [7, 11) is 1.98. The molecule has 0 fully saturated rings. The summed E-state index contributed by atoms with van der Waals surface area (Å²) < 4.78 is 5.63. The van der Waals surface area contributed by atoms with Crippen LogP contribution >= 0.6 is 11.6 Å². The van der Waals surface area contributed by atoms with Crippen LogP contribution in [0.25, 0.3) is 0 Å². The van der Waals surface area contributed by atoms with Crippen molar-refractivity contribution in [1.29, 1.82) is 0 Å². The summed E-state index contributed by atoms with van der Waals surface area (Å²) in [6, 6.07) is 14.9. The minimum absolute atomic E-state index is 0.174. The third-order valence-electron chi connectivity index (χ3n) is 3.28. The summed E-state index contributed by atoms with van der Waals surface area (Å²) in [5.41, 5.74) is 2.00. The van der Waals surface area contributed by atoms with Crippen LogP contribution in [0, 0.1) is 0 Å². The first-order valence-electron chi connectivity index (χ1n) is 6.97. The molecule has 0 heterocycles. The van der Waals surface area contributed by atoms with E-state index in [0.29, 0.717) is 13.2 Å². The Balaban J connectivity index is 2.10. The zero-order chi connectivity index (χ0) is 15.2. The minimum atomic E-state index is -0.174. The van der Waals surface area contributed by atoms with E-state index < -0.39 is 0 Å². The van der Waals surface area contributed by atoms with Gasteiger partial charge in [-0.3, -0.25) is 0 Å². The number of halogens is 1. The Morgan fingerprint density at radius 2 is 1.81 bits per heavy atom. The monoisotopic (exact) mass is 305 g/mol. The summed E-state index contributed by atoms with van der Waals surface area (Å²) in [6.45, 7) is 3.23.